The normalized spacial score (nSPS) is 18.1. The highest BCUT2D eigenvalue weighted by molar-refractivity contribution is 5.68. The third-order valence-corrected chi connectivity index (χ3v) is 4.03. The van der Waals surface area contributed by atoms with E-state index in [0.717, 1.165) is 18.4 Å². The molecule has 1 fully saturated rings. The van der Waals surface area contributed by atoms with Gasteiger partial charge in [-0.25, -0.2) is 4.79 Å². The van der Waals surface area contributed by atoms with Gasteiger partial charge in [0.05, 0.1) is 6.10 Å². The molecule has 1 aromatic carbocycles. The van der Waals surface area contributed by atoms with Crippen LogP contribution in [0.5, 0.6) is 0 Å². The van der Waals surface area contributed by atoms with Crippen LogP contribution in [-0.4, -0.2) is 34.8 Å². The summed E-state index contributed by atoms with van der Waals surface area (Å²) in [5.74, 6) is 0.393. The molecule has 1 amide bonds. The molecule has 22 heavy (non-hydrogen) atoms. The molecule has 1 atom stereocenters. The molecule has 0 spiro atoms. The van der Waals surface area contributed by atoms with Crippen LogP contribution in [0, 0.1) is 0 Å². The molecule has 0 aliphatic carbocycles. The molecule has 4 heteroatoms. The molecule has 0 saturated carbocycles. The second kappa shape index (κ2) is 6.69. The van der Waals surface area contributed by atoms with E-state index in [0.29, 0.717) is 19.0 Å². The topological polar surface area (TPSA) is 49.8 Å². The number of ether oxygens (including phenoxy) is 1. The van der Waals surface area contributed by atoms with E-state index in [-0.39, 0.29) is 6.09 Å². The van der Waals surface area contributed by atoms with E-state index < -0.39 is 11.7 Å². The summed E-state index contributed by atoms with van der Waals surface area (Å²) in [7, 11) is 0. The molecule has 122 valence electrons. The average molecular weight is 305 g/mol. The van der Waals surface area contributed by atoms with Crippen LogP contribution in [0.15, 0.2) is 24.3 Å². The first-order valence-electron chi connectivity index (χ1n) is 8.03. The van der Waals surface area contributed by atoms with Gasteiger partial charge in [0.15, 0.2) is 0 Å². The fraction of sp³-hybridized carbons (Fsp3) is 0.611. The van der Waals surface area contributed by atoms with Gasteiger partial charge in [-0.05, 0) is 57.6 Å². The SMILES string of the molecule is CC(O)c1ccccc1C1CCN(C(=O)OC(C)(C)C)CC1. The average Bonchev–Trinajstić information content (AvgIpc) is 2.45. The van der Waals surface area contributed by atoms with Crippen LogP contribution >= 0.6 is 0 Å². The second-order valence-corrected chi connectivity index (χ2v) is 7.05. The van der Waals surface area contributed by atoms with Gasteiger partial charge in [0.25, 0.3) is 0 Å². The van der Waals surface area contributed by atoms with E-state index in [9.17, 15) is 9.90 Å². The number of hydrogen-bond donors (Lipinski definition) is 1. The Bertz CT molecular complexity index is 511. The summed E-state index contributed by atoms with van der Waals surface area (Å²) < 4.78 is 5.43. The molecule has 1 aliphatic rings. The van der Waals surface area contributed by atoms with Gasteiger partial charge >= 0.3 is 6.09 Å². The van der Waals surface area contributed by atoms with Crippen LogP contribution in [0.4, 0.5) is 4.79 Å². The fourth-order valence-electron chi connectivity index (χ4n) is 2.96. The molecule has 1 N–H and O–H groups in total. The van der Waals surface area contributed by atoms with Gasteiger partial charge in [-0.2, -0.15) is 0 Å². The van der Waals surface area contributed by atoms with Gasteiger partial charge < -0.3 is 14.7 Å². The molecule has 0 bridgehead atoms. The van der Waals surface area contributed by atoms with E-state index in [4.69, 9.17) is 4.74 Å². The highest BCUT2D eigenvalue weighted by Gasteiger charge is 2.28. The number of rotatable bonds is 2. The zero-order valence-electron chi connectivity index (χ0n) is 14.0. The van der Waals surface area contributed by atoms with Gasteiger partial charge in [-0.15, -0.1) is 0 Å². The van der Waals surface area contributed by atoms with E-state index in [1.165, 1.54) is 5.56 Å². The van der Waals surface area contributed by atoms with Crippen molar-refractivity contribution in [2.45, 2.75) is 58.2 Å². The van der Waals surface area contributed by atoms with Crippen molar-refractivity contribution in [2.24, 2.45) is 0 Å². The fourth-order valence-corrected chi connectivity index (χ4v) is 2.96. The summed E-state index contributed by atoms with van der Waals surface area (Å²) in [4.78, 5) is 13.9. The zero-order chi connectivity index (χ0) is 16.3. The maximum Gasteiger partial charge on any atom is 0.410 e. The molecular formula is C18H27NO3. The van der Waals surface area contributed by atoms with Crippen LogP contribution in [0.3, 0.4) is 0 Å². The predicted octanol–water partition coefficient (Wildman–Crippen LogP) is 3.85. The van der Waals surface area contributed by atoms with Crippen molar-refractivity contribution in [2.75, 3.05) is 13.1 Å². The molecule has 1 aromatic rings. The lowest BCUT2D eigenvalue weighted by molar-refractivity contribution is 0.0204. The number of aliphatic hydroxyl groups excluding tert-OH is 1. The summed E-state index contributed by atoms with van der Waals surface area (Å²) >= 11 is 0. The minimum absolute atomic E-state index is 0.227. The highest BCUT2D eigenvalue weighted by Crippen LogP contribution is 2.33. The molecule has 1 unspecified atom stereocenters. The largest absolute Gasteiger partial charge is 0.444 e. The monoisotopic (exact) mass is 305 g/mol. The van der Waals surface area contributed by atoms with Crippen LogP contribution in [-0.2, 0) is 4.74 Å². The van der Waals surface area contributed by atoms with Crippen LogP contribution in [0.2, 0.25) is 0 Å². The van der Waals surface area contributed by atoms with Crippen molar-refractivity contribution in [3.8, 4) is 0 Å². The standard InChI is InChI=1S/C18H27NO3/c1-13(20)15-7-5-6-8-16(15)14-9-11-19(12-10-14)17(21)22-18(2,3)4/h5-8,13-14,20H,9-12H2,1-4H3. The number of amides is 1. The van der Waals surface area contributed by atoms with Crippen molar-refractivity contribution in [1.82, 2.24) is 4.90 Å². The maximum atomic E-state index is 12.1. The quantitative estimate of drug-likeness (QED) is 0.902. The van der Waals surface area contributed by atoms with Crippen LogP contribution in [0.25, 0.3) is 0 Å². The molecule has 4 nitrogen and oxygen atoms in total. The number of aliphatic hydroxyl groups is 1. The third kappa shape index (κ3) is 4.23. The Morgan fingerprint density at radius 1 is 1.27 bits per heavy atom. The van der Waals surface area contributed by atoms with Crippen molar-refractivity contribution in [1.29, 1.82) is 0 Å². The summed E-state index contributed by atoms with van der Waals surface area (Å²) in [5.41, 5.74) is 1.76. The van der Waals surface area contributed by atoms with Gasteiger partial charge in [0, 0.05) is 13.1 Å². The summed E-state index contributed by atoms with van der Waals surface area (Å²) in [6.45, 7) is 8.86. The molecule has 0 aromatic heterocycles. The first kappa shape index (κ1) is 16.8. The lowest BCUT2D eigenvalue weighted by Gasteiger charge is -2.34. The number of carbonyl (C=O) groups is 1. The molecule has 1 saturated heterocycles. The number of likely N-dealkylation sites (tertiary alicyclic amines) is 1. The number of hydrogen-bond acceptors (Lipinski definition) is 3. The van der Waals surface area contributed by atoms with Crippen molar-refractivity contribution in [3.63, 3.8) is 0 Å². The Morgan fingerprint density at radius 3 is 2.41 bits per heavy atom. The zero-order valence-corrected chi connectivity index (χ0v) is 14.0. The van der Waals surface area contributed by atoms with Crippen molar-refractivity contribution < 1.29 is 14.6 Å². The number of nitrogens with zero attached hydrogens (tertiary/aromatic N) is 1. The molecule has 2 rings (SSSR count). The molecular weight excluding hydrogens is 278 g/mol. The number of carbonyl (C=O) groups excluding carboxylic acids is 1. The van der Waals surface area contributed by atoms with Crippen LogP contribution in [0.1, 0.15) is 63.7 Å². The third-order valence-electron chi connectivity index (χ3n) is 4.03. The summed E-state index contributed by atoms with van der Waals surface area (Å²) in [5, 5.41) is 9.92. The lowest BCUT2D eigenvalue weighted by Crippen LogP contribution is -2.41. The number of benzene rings is 1. The van der Waals surface area contributed by atoms with Gasteiger partial charge in [0.1, 0.15) is 5.60 Å². The Kier molecular flexibility index (Phi) is 5.12. The van der Waals surface area contributed by atoms with Gasteiger partial charge in [0.2, 0.25) is 0 Å². The predicted molar refractivity (Wildman–Crippen MR) is 86.9 cm³/mol. The Morgan fingerprint density at radius 2 is 1.86 bits per heavy atom. The minimum Gasteiger partial charge on any atom is -0.444 e. The Hall–Kier alpha value is -1.55. The van der Waals surface area contributed by atoms with E-state index in [2.05, 4.69) is 6.07 Å². The lowest BCUT2D eigenvalue weighted by atomic mass is 9.85. The summed E-state index contributed by atoms with van der Waals surface area (Å²) in [6, 6.07) is 8.05. The first-order valence-corrected chi connectivity index (χ1v) is 8.03. The highest BCUT2D eigenvalue weighted by atomic mass is 16.6. The van der Waals surface area contributed by atoms with Crippen LogP contribution < -0.4 is 0 Å². The van der Waals surface area contributed by atoms with Crippen molar-refractivity contribution >= 4 is 6.09 Å². The van der Waals surface area contributed by atoms with E-state index in [1.807, 2.05) is 39.0 Å². The summed E-state index contributed by atoms with van der Waals surface area (Å²) in [6.07, 6.45) is 1.13. The number of piperidine rings is 1. The van der Waals surface area contributed by atoms with Crippen molar-refractivity contribution in [3.05, 3.63) is 35.4 Å². The van der Waals surface area contributed by atoms with E-state index in [1.54, 1.807) is 11.8 Å². The molecule has 0 radical (unpaired) electrons. The van der Waals surface area contributed by atoms with E-state index >= 15 is 0 Å². The second-order valence-electron chi connectivity index (χ2n) is 7.05. The smallest absolute Gasteiger partial charge is 0.410 e. The maximum absolute atomic E-state index is 12.1. The molecule has 1 heterocycles. The Balaban J connectivity index is 2.00. The Labute approximate surface area is 133 Å². The molecule has 1 aliphatic heterocycles. The minimum atomic E-state index is -0.458. The first-order chi connectivity index (χ1) is 10.3. The van der Waals surface area contributed by atoms with Gasteiger partial charge in [-0.1, -0.05) is 24.3 Å². The van der Waals surface area contributed by atoms with Gasteiger partial charge in [-0.3, -0.25) is 0 Å².